The Kier molecular flexibility index (Phi) is 4.71. The van der Waals surface area contributed by atoms with Crippen molar-refractivity contribution >= 4 is 9.84 Å². The average molecular weight is 256 g/mol. The van der Waals surface area contributed by atoms with Crippen molar-refractivity contribution in [1.82, 2.24) is 0 Å². The Labute approximate surface area is 103 Å². The first-order valence-corrected chi connectivity index (χ1v) is 7.78. The minimum atomic E-state index is -3.16. The number of hydrogen-bond donors (Lipinski definition) is 1. The zero-order chi connectivity index (χ0) is 13.1. The monoisotopic (exact) mass is 256 g/mol. The molecule has 0 bridgehead atoms. The molecule has 0 saturated carbocycles. The summed E-state index contributed by atoms with van der Waals surface area (Å²) >= 11 is 0. The molecule has 17 heavy (non-hydrogen) atoms. The van der Waals surface area contributed by atoms with Gasteiger partial charge in [0.25, 0.3) is 0 Å². The van der Waals surface area contributed by atoms with Crippen LogP contribution in [0.1, 0.15) is 31.1 Å². The van der Waals surface area contributed by atoms with Gasteiger partial charge in [0.05, 0.1) is 11.9 Å². The smallest absolute Gasteiger partial charge is 0.150 e. The highest BCUT2D eigenvalue weighted by Crippen LogP contribution is 2.18. The summed E-state index contributed by atoms with van der Waals surface area (Å²) < 4.78 is 22.2. The summed E-state index contributed by atoms with van der Waals surface area (Å²) in [6, 6.07) is 7.50. The molecule has 0 aromatic heterocycles. The van der Waals surface area contributed by atoms with Gasteiger partial charge in [-0.15, -0.1) is 0 Å². The molecule has 1 aromatic rings. The first kappa shape index (κ1) is 14.2. The average Bonchev–Trinajstić information content (AvgIpc) is 2.14. The lowest BCUT2D eigenvalue weighted by Crippen LogP contribution is -2.13. The molecule has 0 amide bonds. The van der Waals surface area contributed by atoms with Gasteiger partial charge in [0.2, 0.25) is 0 Å². The maximum absolute atomic E-state index is 11.1. The highest BCUT2D eigenvalue weighted by atomic mass is 32.2. The summed E-state index contributed by atoms with van der Waals surface area (Å²) in [5.74, 6) is 0.315. The quantitative estimate of drug-likeness (QED) is 0.876. The van der Waals surface area contributed by atoms with Gasteiger partial charge in [0, 0.05) is 6.26 Å². The van der Waals surface area contributed by atoms with Gasteiger partial charge >= 0.3 is 0 Å². The number of aliphatic hydroxyl groups is 1. The molecule has 1 atom stereocenters. The van der Waals surface area contributed by atoms with Crippen LogP contribution in [0, 0.1) is 5.92 Å². The Bertz CT molecular complexity index is 463. The maximum atomic E-state index is 11.1. The van der Waals surface area contributed by atoms with Gasteiger partial charge in [-0.1, -0.05) is 38.1 Å². The molecule has 1 aromatic carbocycles. The van der Waals surface area contributed by atoms with Crippen LogP contribution >= 0.6 is 0 Å². The number of sulfone groups is 1. The Balaban J connectivity index is 2.84. The Morgan fingerprint density at radius 2 is 1.94 bits per heavy atom. The van der Waals surface area contributed by atoms with Crippen LogP contribution in [-0.4, -0.2) is 25.5 Å². The minimum absolute atomic E-state index is 0.224. The second-order valence-electron chi connectivity index (χ2n) is 4.95. The zero-order valence-corrected chi connectivity index (χ0v) is 11.4. The highest BCUT2D eigenvalue weighted by Gasteiger charge is 2.14. The fourth-order valence-electron chi connectivity index (χ4n) is 1.78. The van der Waals surface area contributed by atoms with E-state index in [1.165, 1.54) is 0 Å². The third kappa shape index (κ3) is 5.33. The predicted molar refractivity (Wildman–Crippen MR) is 69.7 cm³/mol. The molecule has 0 aliphatic heterocycles. The van der Waals surface area contributed by atoms with Crippen LogP contribution in [0.25, 0.3) is 0 Å². The van der Waals surface area contributed by atoms with E-state index in [9.17, 15) is 13.5 Å². The van der Waals surface area contributed by atoms with Gasteiger partial charge in [-0.2, -0.15) is 0 Å². The van der Waals surface area contributed by atoms with Crippen LogP contribution in [0.5, 0.6) is 0 Å². The third-order valence-electron chi connectivity index (χ3n) is 2.44. The van der Waals surface area contributed by atoms with E-state index in [2.05, 4.69) is 13.8 Å². The van der Waals surface area contributed by atoms with Crippen LogP contribution in [0.3, 0.4) is 0 Å². The van der Waals surface area contributed by atoms with Crippen LogP contribution in [0.15, 0.2) is 24.3 Å². The molecule has 0 heterocycles. The molecular formula is C13H20O3S. The van der Waals surface area contributed by atoms with E-state index in [4.69, 9.17) is 0 Å². The lowest BCUT2D eigenvalue weighted by molar-refractivity contribution is 0.201. The predicted octanol–water partition coefficient (Wildman–Crippen LogP) is 1.96. The van der Waals surface area contributed by atoms with Crippen LogP contribution in [-0.2, 0) is 16.3 Å². The molecule has 0 aliphatic rings. The largest absolute Gasteiger partial charge is 0.387 e. The molecule has 4 heteroatoms. The molecule has 0 radical (unpaired) electrons. The molecule has 1 N–H and O–H groups in total. The van der Waals surface area contributed by atoms with Gasteiger partial charge < -0.3 is 5.11 Å². The molecule has 1 unspecified atom stereocenters. The zero-order valence-electron chi connectivity index (χ0n) is 10.6. The number of rotatable bonds is 5. The topological polar surface area (TPSA) is 54.4 Å². The van der Waals surface area contributed by atoms with E-state index in [1.807, 2.05) is 18.2 Å². The first-order chi connectivity index (χ1) is 7.78. The van der Waals surface area contributed by atoms with Crippen molar-refractivity contribution < 1.29 is 13.5 Å². The number of benzene rings is 1. The van der Waals surface area contributed by atoms with Gasteiger partial charge in [0.15, 0.2) is 0 Å². The van der Waals surface area contributed by atoms with Crippen molar-refractivity contribution in [3.05, 3.63) is 35.4 Å². The normalized spacial score (nSPS) is 13.9. The Morgan fingerprint density at radius 3 is 2.47 bits per heavy atom. The fourth-order valence-corrected chi connectivity index (χ4v) is 2.55. The van der Waals surface area contributed by atoms with Crippen molar-refractivity contribution in [2.45, 2.75) is 26.4 Å². The second-order valence-corrected chi connectivity index (χ2v) is 7.14. The van der Waals surface area contributed by atoms with E-state index in [0.717, 1.165) is 18.2 Å². The van der Waals surface area contributed by atoms with E-state index < -0.39 is 15.9 Å². The summed E-state index contributed by atoms with van der Waals surface area (Å²) in [4.78, 5) is 0. The van der Waals surface area contributed by atoms with Gasteiger partial charge in [-0.05, 0) is 23.5 Å². The summed E-state index contributed by atoms with van der Waals surface area (Å²) in [5, 5.41) is 9.84. The van der Waals surface area contributed by atoms with Crippen molar-refractivity contribution in [2.24, 2.45) is 5.92 Å². The second kappa shape index (κ2) is 5.65. The van der Waals surface area contributed by atoms with Crippen LogP contribution in [0.2, 0.25) is 0 Å². The molecule has 0 fully saturated rings. The van der Waals surface area contributed by atoms with Crippen molar-refractivity contribution in [2.75, 3.05) is 12.0 Å². The van der Waals surface area contributed by atoms with E-state index in [0.29, 0.717) is 11.5 Å². The SMILES string of the molecule is CC(C)Cc1cccc(C(O)CS(C)(=O)=O)c1. The fraction of sp³-hybridized carbons (Fsp3) is 0.538. The number of hydrogen-bond acceptors (Lipinski definition) is 3. The lowest BCUT2D eigenvalue weighted by atomic mass is 9.99. The van der Waals surface area contributed by atoms with E-state index in [-0.39, 0.29) is 5.75 Å². The van der Waals surface area contributed by atoms with Gasteiger partial charge in [-0.25, -0.2) is 8.42 Å². The minimum Gasteiger partial charge on any atom is -0.387 e. The Hall–Kier alpha value is -0.870. The van der Waals surface area contributed by atoms with Gasteiger partial charge in [0.1, 0.15) is 9.84 Å². The lowest BCUT2D eigenvalue weighted by Gasteiger charge is -2.12. The first-order valence-electron chi connectivity index (χ1n) is 5.72. The number of aliphatic hydroxyl groups excluding tert-OH is 1. The van der Waals surface area contributed by atoms with Crippen molar-refractivity contribution in [3.8, 4) is 0 Å². The van der Waals surface area contributed by atoms with Crippen LogP contribution < -0.4 is 0 Å². The van der Waals surface area contributed by atoms with Gasteiger partial charge in [-0.3, -0.25) is 0 Å². The van der Waals surface area contributed by atoms with Crippen molar-refractivity contribution in [1.29, 1.82) is 0 Å². The van der Waals surface area contributed by atoms with E-state index >= 15 is 0 Å². The molecule has 0 aliphatic carbocycles. The van der Waals surface area contributed by atoms with Crippen molar-refractivity contribution in [3.63, 3.8) is 0 Å². The molecule has 0 saturated heterocycles. The summed E-state index contributed by atoms with van der Waals surface area (Å²) in [6.07, 6.45) is 1.13. The highest BCUT2D eigenvalue weighted by molar-refractivity contribution is 7.90. The summed E-state index contributed by atoms with van der Waals surface area (Å²) in [6.45, 7) is 4.25. The van der Waals surface area contributed by atoms with Crippen LogP contribution in [0.4, 0.5) is 0 Å². The maximum Gasteiger partial charge on any atom is 0.150 e. The standard InChI is InChI=1S/C13H20O3S/c1-10(2)7-11-5-4-6-12(8-11)13(14)9-17(3,15)16/h4-6,8,10,13-14H,7,9H2,1-3H3. The molecular weight excluding hydrogens is 236 g/mol. The molecule has 0 spiro atoms. The molecule has 96 valence electrons. The third-order valence-corrected chi connectivity index (χ3v) is 3.36. The molecule has 3 nitrogen and oxygen atoms in total. The summed E-state index contributed by atoms with van der Waals surface area (Å²) in [7, 11) is -3.16. The molecule has 1 rings (SSSR count). The van der Waals surface area contributed by atoms with E-state index in [1.54, 1.807) is 6.07 Å². The summed E-state index contributed by atoms with van der Waals surface area (Å²) in [5.41, 5.74) is 1.80. The Morgan fingerprint density at radius 1 is 1.29 bits per heavy atom.